The smallest absolute Gasteiger partial charge is 0.263 e. The molecule has 42 heavy (non-hydrogen) atoms. The van der Waals surface area contributed by atoms with E-state index in [0.29, 0.717) is 24.3 Å². The molecule has 1 aliphatic carbocycles. The molecule has 2 aromatic rings. The maximum Gasteiger partial charge on any atom is 0.263 e. The van der Waals surface area contributed by atoms with E-state index in [4.69, 9.17) is 10.5 Å². The summed E-state index contributed by atoms with van der Waals surface area (Å²) in [6.45, 7) is 4.48. The number of nitrogens with one attached hydrogen (secondary N) is 2. The zero-order valence-corrected chi connectivity index (χ0v) is 25.0. The number of ether oxygens (including phenoxy) is 1. The fourth-order valence-electron chi connectivity index (χ4n) is 7.66. The van der Waals surface area contributed by atoms with Crippen molar-refractivity contribution in [2.24, 2.45) is 0 Å². The number of rotatable bonds is 3. The van der Waals surface area contributed by atoms with E-state index >= 15 is 4.39 Å². The van der Waals surface area contributed by atoms with Crippen molar-refractivity contribution in [2.45, 2.75) is 94.4 Å². The highest BCUT2D eigenvalue weighted by atomic mass is 19.1. The van der Waals surface area contributed by atoms with E-state index in [1.165, 1.54) is 25.7 Å². The highest BCUT2D eigenvalue weighted by Crippen LogP contribution is 2.43. The number of carbonyl (C=O) groups is 1. The number of pyridine rings is 1. The molecular formula is C31H47FN8O2. The third-order valence-electron chi connectivity index (χ3n) is 10.1. The van der Waals surface area contributed by atoms with Crippen LogP contribution in [0.5, 0.6) is 0 Å². The summed E-state index contributed by atoms with van der Waals surface area (Å²) in [6, 6.07) is 1.95. The number of nitrogens with zero attached hydrogens (tertiary/aromatic N) is 5. The van der Waals surface area contributed by atoms with Crippen molar-refractivity contribution in [3.05, 3.63) is 24.0 Å². The van der Waals surface area contributed by atoms with E-state index in [0.717, 1.165) is 77.0 Å². The fraction of sp³-hybridized carbons (Fsp3) is 0.710. The van der Waals surface area contributed by atoms with Gasteiger partial charge in [-0.15, -0.1) is 0 Å². The Kier molecular flexibility index (Phi) is 8.58. The first kappa shape index (κ1) is 29.2. The molecular weight excluding hydrogens is 535 g/mol. The Bertz CT molecular complexity index is 1230. The lowest BCUT2D eigenvalue weighted by Crippen LogP contribution is -2.56. The number of fused-ring (bicyclic) bond motifs is 2. The summed E-state index contributed by atoms with van der Waals surface area (Å²) in [5.74, 6) is 0.296. The molecule has 1 unspecified atom stereocenters. The molecule has 3 aliphatic heterocycles. The average Bonchev–Trinajstić information content (AvgIpc) is 3.30. The first-order valence-electron chi connectivity index (χ1n) is 16.0. The number of alkyl halides is 1. The zero-order valence-electron chi connectivity index (χ0n) is 25.0. The summed E-state index contributed by atoms with van der Waals surface area (Å²) in [4.78, 5) is 22.8. The van der Waals surface area contributed by atoms with Gasteiger partial charge in [0.2, 0.25) is 0 Å². The molecule has 11 heteroatoms. The molecule has 2 spiro atoms. The van der Waals surface area contributed by atoms with E-state index in [2.05, 4.69) is 37.6 Å². The van der Waals surface area contributed by atoms with Gasteiger partial charge in [-0.25, -0.2) is 9.07 Å². The molecule has 1 saturated carbocycles. The van der Waals surface area contributed by atoms with Crippen LogP contribution in [-0.4, -0.2) is 83.7 Å². The number of likely N-dealkylation sites (N-methyl/N-ethyl adjacent to an activating group) is 1. The molecule has 1 atom stereocenters. The maximum atomic E-state index is 15.9. The van der Waals surface area contributed by atoms with Crippen molar-refractivity contribution in [2.75, 3.05) is 67.6 Å². The number of carbonyl (C=O) groups excluding carboxylic acids is 1. The third-order valence-corrected chi connectivity index (χ3v) is 10.1. The molecule has 0 aromatic carbocycles. The van der Waals surface area contributed by atoms with E-state index < -0.39 is 11.7 Å². The molecule has 4 N–H and O–H groups in total. The molecule has 4 aliphatic rings. The minimum atomic E-state index is -1.10. The number of morpholine rings is 1. The Balaban J connectivity index is 1.22. The average molecular weight is 583 g/mol. The number of nitrogens with two attached hydrogens (primary N) is 1. The second kappa shape index (κ2) is 12.4. The monoisotopic (exact) mass is 582 g/mol. The highest BCUT2D eigenvalue weighted by Gasteiger charge is 2.47. The zero-order chi connectivity index (χ0) is 29.2. The van der Waals surface area contributed by atoms with Gasteiger partial charge in [0.1, 0.15) is 17.6 Å². The Morgan fingerprint density at radius 1 is 1.07 bits per heavy atom. The Morgan fingerprint density at radius 2 is 1.76 bits per heavy atom. The number of piperidine rings is 1. The molecule has 2 aromatic heterocycles. The minimum Gasteiger partial charge on any atom is -0.381 e. The number of halogens is 1. The molecule has 0 radical (unpaired) electrons. The summed E-state index contributed by atoms with van der Waals surface area (Å²) < 4.78 is 23.9. The van der Waals surface area contributed by atoms with Crippen LogP contribution in [0.2, 0.25) is 0 Å². The first-order valence-corrected chi connectivity index (χ1v) is 16.0. The minimum absolute atomic E-state index is 0.101. The molecule has 10 nitrogen and oxygen atoms in total. The Hall–Kier alpha value is -2.92. The van der Waals surface area contributed by atoms with Crippen molar-refractivity contribution < 1.29 is 13.9 Å². The Morgan fingerprint density at radius 3 is 2.45 bits per heavy atom. The van der Waals surface area contributed by atoms with Crippen LogP contribution >= 0.6 is 0 Å². The van der Waals surface area contributed by atoms with Crippen molar-refractivity contribution in [3.63, 3.8) is 0 Å². The largest absolute Gasteiger partial charge is 0.381 e. The summed E-state index contributed by atoms with van der Waals surface area (Å²) in [6.07, 6.45) is 14.5. The van der Waals surface area contributed by atoms with E-state index in [1.54, 1.807) is 17.1 Å². The molecule has 6 rings (SSSR count). The third kappa shape index (κ3) is 5.69. The van der Waals surface area contributed by atoms with Gasteiger partial charge in [0.25, 0.3) is 5.91 Å². The summed E-state index contributed by atoms with van der Waals surface area (Å²) in [7, 11) is 2.15. The second-order valence-electron chi connectivity index (χ2n) is 12.9. The van der Waals surface area contributed by atoms with Gasteiger partial charge in [-0.2, -0.15) is 5.10 Å². The summed E-state index contributed by atoms with van der Waals surface area (Å²) in [5, 5.41) is 10.9. The normalized spacial score (nSPS) is 24.9. The van der Waals surface area contributed by atoms with Gasteiger partial charge in [-0.1, -0.05) is 51.4 Å². The molecule has 3 fully saturated rings. The first-order chi connectivity index (χ1) is 20.4. The number of amides is 1. The van der Waals surface area contributed by atoms with Crippen LogP contribution in [0.25, 0.3) is 0 Å². The van der Waals surface area contributed by atoms with Crippen LogP contribution in [0.1, 0.15) is 87.4 Å². The summed E-state index contributed by atoms with van der Waals surface area (Å²) >= 11 is 0. The fourth-order valence-corrected chi connectivity index (χ4v) is 7.66. The van der Waals surface area contributed by atoms with Gasteiger partial charge in [0, 0.05) is 38.9 Å². The Labute approximate surface area is 248 Å². The predicted molar refractivity (Wildman–Crippen MR) is 164 cm³/mol. The van der Waals surface area contributed by atoms with Gasteiger partial charge < -0.3 is 30.9 Å². The van der Waals surface area contributed by atoms with Crippen LogP contribution < -0.4 is 21.3 Å². The molecule has 2 saturated heterocycles. The predicted octanol–water partition coefficient (Wildman–Crippen LogP) is 4.79. The van der Waals surface area contributed by atoms with Gasteiger partial charge >= 0.3 is 0 Å². The summed E-state index contributed by atoms with van der Waals surface area (Å²) in [5.41, 5.74) is 7.38. The molecule has 5 heterocycles. The van der Waals surface area contributed by atoms with E-state index in [9.17, 15) is 4.79 Å². The number of anilines is 4. The number of hydrogen-bond donors (Lipinski definition) is 3. The van der Waals surface area contributed by atoms with Crippen LogP contribution in [0.3, 0.4) is 0 Å². The number of aromatic nitrogens is 3. The topological polar surface area (TPSA) is 114 Å². The van der Waals surface area contributed by atoms with Gasteiger partial charge in [0.15, 0.2) is 5.82 Å². The van der Waals surface area contributed by atoms with Crippen molar-refractivity contribution in [3.8, 4) is 0 Å². The van der Waals surface area contributed by atoms with Gasteiger partial charge in [0.05, 0.1) is 35.3 Å². The lowest BCUT2D eigenvalue weighted by atomic mass is 9.81. The van der Waals surface area contributed by atoms with Crippen molar-refractivity contribution in [1.82, 2.24) is 19.7 Å². The van der Waals surface area contributed by atoms with Crippen LogP contribution in [0.4, 0.5) is 27.4 Å². The lowest BCUT2D eigenvalue weighted by molar-refractivity contribution is -0.115. The van der Waals surface area contributed by atoms with Crippen LogP contribution in [0.15, 0.2) is 18.5 Å². The lowest BCUT2D eigenvalue weighted by Gasteiger charge is -2.47. The quantitative estimate of drug-likeness (QED) is 0.474. The molecule has 1 amide bonds. The van der Waals surface area contributed by atoms with E-state index in [-0.39, 0.29) is 29.4 Å². The number of hydrogen-bond acceptors (Lipinski definition) is 8. The van der Waals surface area contributed by atoms with Gasteiger partial charge in [-0.3, -0.25) is 9.78 Å². The van der Waals surface area contributed by atoms with Crippen LogP contribution in [-0.2, 0) is 10.3 Å². The maximum absolute atomic E-state index is 15.9. The highest BCUT2D eigenvalue weighted by molar-refractivity contribution is 6.12. The van der Waals surface area contributed by atoms with E-state index in [1.807, 2.05) is 6.07 Å². The number of nitrogen functional groups attached to an aromatic ring is 1. The standard InChI is InChI=1S/C31H47FN8O2/c1-38-18-19-42-30(22-38)13-16-39(17-14-30)24-10-15-34-20-23(24)36-29(41)26-27(33)37-40-28(26)35-21-25(32)31(40)11-8-6-4-2-3-5-7-9-12-31/h10,15,20,25,35H,2-9,11-14,16-19,21-22H2,1H3,(H2,33,37)(H,36,41). The van der Waals surface area contributed by atoms with Crippen molar-refractivity contribution >= 4 is 28.9 Å². The second-order valence-corrected chi connectivity index (χ2v) is 12.9. The van der Waals surface area contributed by atoms with Crippen LogP contribution in [0, 0.1) is 0 Å². The molecule has 230 valence electrons. The van der Waals surface area contributed by atoms with Crippen molar-refractivity contribution in [1.29, 1.82) is 0 Å². The SMILES string of the molecule is CN1CCOC2(CCN(c3ccncc3NC(=O)c3c(N)nn4c3NCC(F)C43CCCCCCCCCC3)CC2)C1. The molecule has 0 bridgehead atoms. The van der Waals surface area contributed by atoms with Gasteiger partial charge in [-0.05, 0) is 38.8 Å².